The van der Waals surface area contributed by atoms with Gasteiger partial charge in [-0.3, -0.25) is 4.79 Å². The molecule has 0 bridgehead atoms. The number of hydrogen-bond acceptors (Lipinski definition) is 5. The van der Waals surface area contributed by atoms with Gasteiger partial charge in [-0.15, -0.1) is 11.3 Å². The van der Waals surface area contributed by atoms with Gasteiger partial charge >= 0.3 is 5.97 Å². The largest absolute Gasteiger partial charge is 0.465 e. The fraction of sp³-hybridized carbons (Fsp3) is 0.500. The molecule has 0 radical (unpaired) electrons. The van der Waals surface area contributed by atoms with Crippen molar-refractivity contribution < 1.29 is 19.1 Å². The Bertz CT molecular complexity index is 457. The zero-order valence-corrected chi connectivity index (χ0v) is 11.2. The first-order valence-corrected chi connectivity index (χ1v) is 6.52. The van der Waals surface area contributed by atoms with Crippen LogP contribution in [0.5, 0.6) is 0 Å². The Kier molecular flexibility index (Phi) is 3.98. The third-order valence-electron chi connectivity index (χ3n) is 2.83. The summed E-state index contributed by atoms with van der Waals surface area (Å²) in [5, 5.41) is 0. The number of carbonyl (C=O) groups excluding carboxylic acids is 2. The fourth-order valence-electron chi connectivity index (χ4n) is 1.83. The lowest BCUT2D eigenvalue weighted by Gasteiger charge is -2.32. The number of nitrogens with zero attached hydrogens (tertiary/aromatic N) is 1. The van der Waals surface area contributed by atoms with Crippen LogP contribution in [-0.4, -0.2) is 49.7 Å². The molecule has 98 valence electrons. The van der Waals surface area contributed by atoms with E-state index in [4.69, 9.17) is 4.74 Å². The summed E-state index contributed by atoms with van der Waals surface area (Å²) in [7, 11) is 1.33. The molecule has 0 aromatic carbocycles. The van der Waals surface area contributed by atoms with Crippen molar-refractivity contribution in [1.29, 1.82) is 0 Å². The highest BCUT2D eigenvalue weighted by Crippen LogP contribution is 2.21. The van der Waals surface area contributed by atoms with E-state index in [1.54, 1.807) is 17.0 Å². The van der Waals surface area contributed by atoms with Crippen LogP contribution in [0.15, 0.2) is 12.1 Å². The first kappa shape index (κ1) is 13.0. The van der Waals surface area contributed by atoms with E-state index in [2.05, 4.69) is 4.74 Å². The molecule has 1 saturated heterocycles. The normalized spacial score (nSPS) is 19.7. The fourth-order valence-corrected chi connectivity index (χ4v) is 2.71. The molecule has 1 fully saturated rings. The average molecular weight is 269 g/mol. The monoisotopic (exact) mass is 269 g/mol. The van der Waals surface area contributed by atoms with Gasteiger partial charge in [0.15, 0.2) is 0 Å². The molecular weight excluding hydrogens is 254 g/mol. The first-order valence-electron chi connectivity index (χ1n) is 5.70. The standard InChI is InChI=1S/C12H15NO4S/c1-8-7-17-6-5-13(8)11(14)9-3-4-10(18-9)12(15)16-2/h3-4,8H,5-7H2,1-2H3/t8-/m0/s1. The molecule has 1 aromatic rings. The predicted molar refractivity (Wildman–Crippen MR) is 67.0 cm³/mol. The molecule has 6 heteroatoms. The lowest BCUT2D eigenvalue weighted by Crippen LogP contribution is -2.46. The zero-order chi connectivity index (χ0) is 13.1. The van der Waals surface area contributed by atoms with Gasteiger partial charge in [0, 0.05) is 6.54 Å². The maximum Gasteiger partial charge on any atom is 0.348 e. The molecule has 5 nitrogen and oxygen atoms in total. The van der Waals surface area contributed by atoms with Gasteiger partial charge in [-0.25, -0.2) is 4.79 Å². The molecule has 2 heterocycles. The Hall–Kier alpha value is -1.40. The molecule has 1 atom stereocenters. The Balaban J connectivity index is 2.13. The third-order valence-corrected chi connectivity index (χ3v) is 3.89. The molecule has 1 aliphatic heterocycles. The van der Waals surface area contributed by atoms with Crippen LogP contribution < -0.4 is 0 Å². The molecule has 1 amide bonds. The number of carbonyl (C=O) groups is 2. The summed E-state index contributed by atoms with van der Waals surface area (Å²) in [5.74, 6) is -0.458. The summed E-state index contributed by atoms with van der Waals surface area (Å²) in [6.45, 7) is 3.66. The SMILES string of the molecule is COC(=O)c1ccc(C(=O)N2CCOC[C@@H]2C)s1. The van der Waals surface area contributed by atoms with Crippen molar-refractivity contribution in [3.8, 4) is 0 Å². The highest BCUT2D eigenvalue weighted by atomic mass is 32.1. The summed E-state index contributed by atoms with van der Waals surface area (Å²) < 4.78 is 9.92. The summed E-state index contributed by atoms with van der Waals surface area (Å²) in [6.07, 6.45) is 0. The average Bonchev–Trinajstić information content (AvgIpc) is 2.87. The van der Waals surface area contributed by atoms with Crippen molar-refractivity contribution in [1.82, 2.24) is 4.90 Å². The van der Waals surface area contributed by atoms with Gasteiger partial charge in [0.1, 0.15) is 4.88 Å². The second-order valence-electron chi connectivity index (χ2n) is 4.08. The number of thiophene rings is 1. The Morgan fingerprint density at radius 3 is 2.83 bits per heavy atom. The number of ether oxygens (including phenoxy) is 2. The molecule has 18 heavy (non-hydrogen) atoms. The number of hydrogen-bond donors (Lipinski definition) is 0. The van der Waals surface area contributed by atoms with E-state index in [9.17, 15) is 9.59 Å². The zero-order valence-electron chi connectivity index (χ0n) is 10.3. The van der Waals surface area contributed by atoms with Crippen molar-refractivity contribution in [3.05, 3.63) is 21.9 Å². The minimum Gasteiger partial charge on any atom is -0.465 e. The third kappa shape index (κ3) is 2.54. The molecule has 0 aliphatic carbocycles. The molecule has 0 N–H and O–H groups in total. The summed E-state index contributed by atoms with van der Waals surface area (Å²) in [6, 6.07) is 3.35. The minimum atomic E-state index is -0.408. The van der Waals surface area contributed by atoms with Crippen molar-refractivity contribution in [2.75, 3.05) is 26.9 Å². The maximum absolute atomic E-state index is 12.3. The van der Waals surface area contributed by atoms with Crippen molar-refractivity contribution in [2.24, 2.45) is 0 Å². The number of methoxy groups -OCH3 is 1. The van der Waals surface area contributed by atoms with E-state index in [0.717, 1.165) is 11.3 Å². The number of esters is 1. The van der Waals surface area contributed by atoms with Gasteiger partial charge < -0.3 is 14.4 Å². The van der Waals surface area contributed by atoms with E-state index in [0.29, 0.717) is 29.5 Å². The highest BCUT2D eigenvalue weighted by Gasteiger charge is 2.26. The second kappa shape index (κ2) is 5.49. The summed E-state index contributed by atoms with van der Waals surface area (Å²) in [4.78, 5) is 26.4. The van der Waals surface area contributed by atoms with Crippen molar-refractivity contribution in [2.45, 2.75) is 13.0 Å². The predicted octanol–water partition coefficient (Wildman–Crippen LogP) is 1.40. The molecule has 1 aliphatic rings. The molecular formula is C12H15NO4S. The number of rotatable bonds is 2. The van der Waals surface area contributed by atoms with Gasteiger partial charge in [-0.2, -0.15) is 0 Å². The van der Waals surface area contributed by atoms with Crippen LogP contribution in [0.4, 0.5) is 0 Å². The molecule has 2 rings (SSSR count). The molecule has 0 unspecified atom stereocenters. The van der Waals surface area contributed by atoms with Crippen LogP contribution >= 0.6 is 11.3 Å². The Morgan fingerprint density at radius 1 is 1.44 bits per heavy atom. The van der Waals surface area contributed by atoms with Gasteiger partial charge in [-0.1, -0.05) is 0 Å². The van der Waals surface area contributed by atoms with E-state index in [1.165, 1.54) is 7.11 Å². The van der Waals surface area contributed by atoms with Crippen LogP contribution in [0.1, 0.15) is 26.3 Å². The van der Waals surface area contributed by atoms with Crippen molar-refractivity contribution >= 4 is 23.2 Å². The maximum atomic E-state index is 12.3. The lowest BCUT2D eigenvalue weighted by atomic mass is 10.2. The quantitative estimate of drug-likeness (QED) is 0.761. The van der Waals surface area contributed by atoms with Crippen LogP contribution in [0.2, 0.25) is 0 Å². The molecule has 0 saturated carbocycles. The number of morpholine rings is 1. The van der Waals surface area contributed by atoms with Gasteiger partial charge in [0.2, 0.25) is 0 Å². The molecule has 1 aromatic heterocycles. The summed E-state index contributed by atoms with van der Waals surface area (Å²) in [5.41, 5.74) is 0. The topological polar surface area (TPSA) is 55.8 Å². The highest BCUT2D eigenvalue weighted by molar-refractivity contribution is 7.15. The van der Waals surface area contributed by atoms with Crippen LogP contribution in [0.3, 0.4) is 0 Å². The second-order valence-corrected chi connectivity index (χ2v) is 5.16. The number of amides is 1. The molecule has 0 spiro atoms. The van der Waals surface area contributed by atoms with E-state index < -0.39 is 5.97 Å². The van der Waals surface area contributed by atoms with Gasteiger partial charge in [-0.05, 0) is 19.1 Å². The smallest absolute Gasteiger partial charge is 0.348 e. The van der Waals surface area contributed by atoms with E-state index in [-0.39, 0.29) is 11.9 Å². The Morgan fingerprint density at radius 2 is 2.17 bits per heavy atom. The Labute approximate surface area is 109 Å². The van der Waals surface area contributed by atoms with Crippen LogP contribution in [-0.2, 0) is 9.47 Å². The minimum absolute atomic E-state index is 0.0500. The van der Waals surface area contributed by atoms with E-state index >= 15 is 0 Å². The van der Waals surface area contributed by atoms with Crippen LogP contribution in [0.25, 0.3) is 0 Å². The summed E-state index contributed by atoms with van der Waals surface area (Å²) >= 11 is 1.16. The lowest BCUT2D eigenvalue weighted by molar-refractivity contribution is 0.00387. The van der Waals surface area contributed by atoms with Gasteiger partial charge in [0.25, 0.3) is 5.91 Å². The first-order chi connectivity index (χ1) is 8.63. The van der Waals surface area contributed by atoms with Gasteiger partial charge in [0.05, 0.1) is 31.2 Å². The van der Waals surface area contributed by atoms with Crippen molar-refractivity contribution in [3.63, 3.8) is 0 Å². The van der Waals surface area contributed by atoms with E-state index in [1.807, 2.05) is 6.92 Å². The van der Waals surface area contributed by atoms with Crippen LogP contribution in [0, 0.1) is 0 Å².